The van der Waals surface area contributed by atoms with Gasteiger partial charge in [-0.15, -0.1) is 0 Å². The largest absolute Gasteiger partial charge is 0.496 e. The zero-order chi connectivity index (χ0) is 30.8. The maximum absolute atomic E-state index is 15.6. The van der Waals surface area contributed by atoms with E-state index in [1.54, 1.807) is 12.1 Å². The van der Waals surface area contributed by atoms with Crippen molar-refractivity contribution < 1.29 is 28.3 Å². The minimum absolute atomic E-state index is 0.0889. The Hall–Kier alpha value is -4.90. The van der Waals surface area contributed by atoms with Crippen molar-refractivity contribution in [2.24, 2.45) is 10.9 Å². The number of piperazine rings is 1. The van der Waals surface area contributed by atoms with Crippen LogP contribution >= 0.6 is 0 Å². The number of hydrogen-bond donors (Lipinski definition) is 2. The number of benzene rings is 3. The summed E-state index contributed by atoms with van der Waals surface area (Å²) in [5, 5.41) is 5.58. The second kappa shape index (κ2) is 12.1. The average molecular weight is 586 g/mol. The van der Waals surface area contributed by atoms with Crippen molar-refractivity contribution in [3.05, 3.63) is 71.0 Å². The highest BCUT2D eigenvalue weighted by Gasteiger charge is 2.34. The number of ether oxygens (including phenoxy) is 1. The molecule has 3 aromatic rings. The fraction of sp³-hybridized carbons (Fsp3) is 0.281. The normalized spacial score (nSPS) is 17.2. The number of nitrogens with one attached hydrogen (secondary N) is 2. The predicted molar refractivity (Wildman–Crippen MR) is 160 cm³/mol. The van der Waals surface area contributed by atoms with Crippen molar-refractivity contribution in [2.45, 2.75) is 20.4 Å². The number of methoxy groups -OCH3 is 1. The number of aliphatic imine (C=N–C) groups is 1. The smallest absolute Gasteiger partial charge is 0.349 e. The Labute approximate surface area is 248 Å². The molecule has 1 fully saturated rings. The third-order valence-corrected chi connectivity index (χ3v) is 7.90. The van der Waals surface area contributed by atoms with Crippen LogP contribution in [-0.4, -0.2) is 73.6 Å². The molecule has 10 nitrogen and oxygen atoms in total. The van der Waals surface area contributed by atoms with Gasteiger partial charge in [0, 0.05) is 44.1 Å². The van der Waals surface area contributed by atoms with Gasteiger partial charge in [-0.3, -0.25) is 24.2 Å². The molecule has 0 bridgehead atoms. The first-order valence-corrected chi connectivity index (χ1v) is 13.8. The summed E-state index contributed by atoms with van der Waals surface area (Å²) in [5.74, 6) is -2.56. The zero-order valence-corrected chi connectivity index (χ0v) is 24.4. The Morgan fingerprint density at radius 1 is 1.07 bits per heavy atom. The molecule has 2 aliphatic heterocycles. The summed E-state index contributed by atoms with van der Waals surface area (Å²) in [5.41, 5.74) is 5.75. The molecule has 0 saturated carbocycles. The summed E-state index contributed by atoms with van der Waals surface area (Å²) in [6.07, 6.45) is 1.06. The molecule has 0 radical (unpaired) electrons. The minimum Gasteiger partial charge on any atom is -0.496 e. The SMILES string of the molecule is COc1cc(-c2cccc(-c3cccc(NC(=O)C4C=NC(=O)N(C)C4=O)c3C)c2C)cc(F)c1CN1CCNC(=O)C1. The highest BCUT2D eigenvalue weighted by Crippen LogP contribution is 2.38. The van der Waals surface area contributed by atoms with E-state index in [1.165, 1.54) is 20.2 Å². The number of nitrogens with zero attached hydrogens (tertiary/aromatic N) is 3. The van der Waals surface area contributed by atoms with Crippen LogP contribution in [0.2, 0.25) is 0 Å². The molecule has 0 aliphatic carbocycles. The molecule has 3 aromatic carbocycles. The van der Waals surface area contributed by atoms with Crippen LogP contribution in [0.4, 0.5) is 14.9 Å². The number of amides is 5. The summed E-state index contributed by atoms with van der Waals surface area (Å²) in [7, 11) is 2.78. The maximum Gasteiger partial charge on any atom is 0.349 e. The van der Waals surface area contributed by atoms with Crippen LogP contribution in [0, 0.1) is 25.6 Å². The predicted octanol–water partition coefficient (Wildman–Crippen LogP) is 3.93. The van der Waals surface area contributed by atoms with E-state index < -0.39 is 29.6 Å². The Kier molecular flexibility index (Phi) is 8.36. The van der Waals surface area contributed by atoms with Crippen molar-refractivity contribution in [1.82, 2.24) is 15.1 Å². The van der Waals surface area contributed by atoms with E-state index >= 15 is 4.39 Å². The van der Waals surface area contributed by atoms with Crippen molar-refractivity contribution in [3.63, 3.8) is 0 Å². The van der Waals surface area contributed by atoms with Gasteiger partial charge in [0.25, 0.3) is 0 Å². The van der Waals surface area contributed by atoms with E-state index in [0.29, 0.717) is 35.7 Å². The van der Waals surface area contributed by atoms with Gasteiger partial charge in [-0.25, -0.2) is 14.2 Å². The van der Waals surface area contributed by atoms with Gasteiger partial charge in [0.2, 0.25) is 17.7 Å². The average Bonchev–Trinajstić information content (AvgIpc) is 2.98. The lowest BCUT2D eigenvalue weighted by atomic mass is 9.90. The molecule has 222 valence electrons. The molecular formula is C32H32FN5O5. The van der Waals surface area contributed by atoms with Crippen LogP contribution < -0.4 is 15.4 Å². The summed E-state index contributed by atoms with van der Waals surface area (Å²) in [4.78, 5) is 55.2. The van der Waals surface area contributed by atoms with Gasteiger partial charge in [0.1, 0.15) is 11.6 Å². The number of hydrogen-bond acceptors (Lipinski definition) is 6. The monoisotopic (exact) mass is 585 g/mol. The van der Waals surface area contributed by atoms with Crippen LogP contribution in [0.5, 0.6) is 5.75 Å². The first-order chi connectivity index (χ1) is 20.6. The molecule has 5 rings (SSSR count). The van der Waals surface area contributed by atoms with Crippen LogP contribution in [0.15, 0.2) is 53.5 Å². The number of carbonyl (C=O) groups is 4. The third-order valence-electron chi connectivity index (χ3n) is 7.90. The van der Waals surface area contributed by atoms with Gasteiger partial charge in [-0.1, -0.05) is 30.3 Å². The topological polar surface area (TPSA) is 120 Å². The van der Waals surface area contributed by atoms with E-state index in [9.17, 15) is 19.2 Å². The van der Waals surface area contributed by atoms with Crippen molar-refractivity contribution in [2.75, 3.05) is 39.1 Å². The van der Waals surface area contributed by atoms with E-state index in [1.807, 2.05) is 49.1 Å². The second-order valence-corrected chi connectivity index (χ2v) is 10.6. The molecule has 1 atom stereocenters. The maximum atomic E-state index is 15.6. The van der Waals surface area contributed by atoms with Crippen LogP contribution in [0.3, 0.4) is 0 Å². The summed E-state index contributed by atoms with van der Waals surface area (Å²) >= 11 is 0. The van der Waals surface area contributed by atoms with Gasteiger partial charge < -0.3 is 15.4 Å². The lowest BCUT2D eigenvalue weighted by molar-refractivity contribution is -0.134. The fourth-order valence-corrected chi connectivity index (χ4v) is 5.44. The van der Waals surface area contributed by atoms with E-state index in [2.05, 4.69) is 15.6 Å². The Morgan fingerprint density at radius 2 is 1.77 bits per heavy atom. The van der Waals surface area contributed by atoms with Crippen LogP contribution in [0.25, 0.3) is 22.3 Å². The molecule has 2 heterocycles. The number of halogens is 1. The first-order valence-electron chi connectivity index (χ1n) is 13.8. The quantitative estimate of drug-likeness (QED) is 0.406. The molecular weight excluding hydrogens is 553 g/mol. The molecule has 1 saturated heterocycles. The lowest BCUT2D eigenvalue weighted by Crippen LogP contribution is -2.47. The molecule has 5 amide bonds. The Morgan fingerprint density at radius 3 is 2.49 bits per heavy atom. The standard InChI is InChI=1S/C32H32FN5O5/c1-18-21(20-13-26(33)25(28(14-20)43-4)16-38-12-11-34-29(39)17-38)7-5-8-22(18)23-9-6-10-27(19(23)2)36-30(40)24-15-35-32(42)37(3)31(24)41/h5-10,13-15,24H,11-12,16-17H2,1-4H3,(H,34,39)(H,36,40). The highest BCUT2D eigenvalue weighted by molar-refractivity contribution is 6.23. The number of carbonyl (C=O) groups excluding carboxylic acids is 4. The number of imide groups is 1. The molecule has 11 heteroatoms. The number of urea groups is 1. The molecule has 2 N–H and O–H groups in total. The van der Waals surface area contributed by atoms with Gasteiger partial charge in [0.05, 0.1) is 13.7 Å². The molecule has 1 unspecified atom stereocenters. The molecule has 0 spiro atoms. The zero-order valence-electron chi connectivity index (χ0n) is 24.4. The van der Waals surface area contributed by atoms with Gasteiger partial charge in [0.15, 0.2) is 5.92 Å². The lowest BCUT2D eigenvalue weighted by Gasteiger charge is -2.27. The second-order valence-electron chi connectivity index (χ2n) is 10.6. The summed E-state index contributed by atoms with van der Waals surface area (Å²) in [6, 6.07) is 13.8. The first kappa shape index (κ1) is 29.6. The third kappa shape index (κ3) is 5.89. The van der Waals surface area contributed by atoms with Crippen LogP contribution in [0.1, 0.15) is 16.7 Å². The minimum atomic E-state index is -1.21. The van der Waals surface area contributed by atoms with Gasteiger partial charge >= 0.3 is 6.03 Å². The molecule has 0 aromatic heterocycles. The van der Waals surface area contributed by atoms with Crippen molar-refractivity contribution >= 4 is 35.7 Å². The van der Waals surface area contributed by atoms with E-state index in [0.717, 1.165) is 38.9 Å². The number of anilines is 1. The van der Waals surface area contributed by atoms with Gasteiger partial charge in [-0.2, -0.15) is 0 Å². The highest BCUT2D eigenvalue weighted by atomic mass is 19.1. The van der Waals surface area contributed by atoms with E-state index in [4.69, 9.17) is 4.74 Å². The van der Waals surface area contributed by atoms with Crippen molar-refractivity contribution in [3.8, 4) is 28.0 Å². The molecule has 43 heavy (non-hydrogen) atoms. The van der Waals surface area contributed by atoms with E-state index in [-0.39, 0.29) is 19.0 Å². The Bertz CT molecular complexity index is 1670. The van der Waals surface area contributed by atoms with Crippen LogP contribution in [-0.2, 0) is 20.9 Å². The summed E-state index contributed by atoms with van der Waals surface area (Å²) in [6.45, 7) is 5.40. The van der Waals surface area contributed by atoms with Gasteiger partial charge in [-0.05, 0) is 65.4 Å². The molecule has 2 aliphatic rings. The van der Waals surface area contributed by atoms with Crippen molar-refractivity contribution in [1.29, 1.82) is 0 Å². The fourth-order valence-electron chi connectivity index (χ4n) is 5.44. The summed E-state index contributed by atoms with van der Waals surface area (Å²) < 4.78 is 21.1. The Balaban J connectivity index is 1.45. The number of rotatable bonds is 7.